The number of thioether (sulfide) groups is 1. The number of ether oxygens (including phenoxy) is 1. The molecule has 0 radical (unpaired) electrons. The molecule has 0 aliphatic carbocycles. The molecule has 0 bridgehead atoms. The Hall–Kier alpha value is -3.93. The molecule has 11 nitrogen and oxygen atoms in total. The van der Waals surface area contributed by atoms with Crippen molar-refractivity contribution in [2.45, 2.75) is 17.4 Å². The molecule has 3 amide bonds. The number of anilines is 1. The summed E-state index contributed by atoms with van der Waals surface area (Å²) < 4.78 is 11.1. The Kier molecular flexibility index (Phi) is 6.48. The second-order valence-corrected chi connectivity index (χ2v) is 10.4. The number of rotatable bonds is 6. The summed E-state index contributed by atoms with van der Waals surface area (Å²) in [5.74, 6) is 1.91. The van der Waals surface area contributed by atoms with E-state index in [1.165, 1.54) is 16.7 Å². The smallest absolute Gasteiger partial charge is 0.325 e. The minimum absolute atomic E-state index is 0.319. The van der Waals surface area contributed by atoms with Gasteiger partial charge in [-0.1, -0.05) is 23.9 Å². The van der Waals surface area contributed by atoms with E-state index in [-0.39, 0.29) is 5.91 Å². The maximum Gasteiger partial charge on any atom is 0.325 e. The van der Waals surface area contributed by atoms with Gasteiger partial charge in [-0.2, -0.15) is 0 Å². The van der Waals surface area contributed by atoms with Gasteiger partial charge in [0.1, 0.15) is 11.3 Å². The highest BCUT2D eigenvalue weighted by molar-refractivity contribution is 7.99. The minimum Gasteiger partial charge on any atom is -0.497 e. The molecular weight excluding hydrogens is 506 g/mol. The molecule has 3 aromatic rings. The van der Waals surface area contributed by atoms with Crippen molar-refractivity contribution in [2.75, 3.05) is 57.5 Å². The van der Waals surface area contributed by atoms with E-state index >= 15 is 0 Å². The highest BCUT2D eigenvalue weighted by Crippen LogP contribution is 2.29. The zero-order valence-corrected chi connectivity index (χ0v) is 22.1. The average molecular weight is 536 g/mol. The van der Waals surface area contributed by atoms with Gasteiger partial charge in [0, 0.05) is 51.2 Å². The molecule has 1 aromatic heterocycles. The van der Waals surface area contributed by atoms with Gasteiger partial charge < -0.3 is 28.8 Å². The predicted octanol–water partition coefficient (Wildman–Crippen LogP) is 2.30. The number of nitrogens with one attached hydrogen (secondary N) is 1. The van der Waals surface area contributed by atoms with Crippen molar-refractivity contribution in [1.82, 2.24) is 25.0 Å². The normalized spacial score (nSPS) is 21.6. The van der Waals surface area contributed by atoms with Gasteiger partial charge >= 0.3 is 6.03 Å². The largest absolute Gasteiger partial charge is 0.497 e. The van der Waals surface area contributed by atoms with Crippen LogP contribution < -0.4 is 15.0 Å². The number of hydrogen-bond acceptors (Lipinski definition) is 10. The quantitative estimate of drug-likeness (QED) is 0.476. The SMILES string of the molecule is COc1ccc(N2CCN(C3=NC4C(C(=O)NC(=O)N4C)N3CCSc3nc4ccccc4o3)CC2)cc1. The third-order valence-corrected chi connectivity index (χ3v) is 7.98. The Morgan fingerprint density at radius 1 is 1.05 bits per heavy atom. The maximum absolute atomic E-state index is 13.0. The fourth-order valence-electron chi connectivity index (χ4n) is 5.12. The molecule has 2 unspecified atom stereocenters. The first-order valence-electron chi connectivity index (χ1n) is 12.6. The summed E-state index contributed by atoms with van der Waals surface area (Å²) >= 11 is 1.50. The number of aliphatic imine (C=N–C) groups is 1. The number of guanidine groups is 1. The Labute approximate surface area is 224 Å². The van der Waals surface area contributed by atoms with Crippen LogP contribution in [0.4, 0.5) is 10.5 Å². The fraction of sp³-hybridized carbons (Fsp3) is 0.385. The van der Waals surface area contributed by atoms with Crippen LogP contribution >= 0.6 is 11.8 Å². The molecule has 0 saturated carbocycles. The van der Waals surface area contributed by atoms with E-state index in [0.717, 1.165) is 54.7 Å². The van der Waals surface area contributed by atoms with Crippen molar-refractivity contribution < 1.29 is 18.7 Å². The number of para-hydroxylation sites is 2. The number of fused-ring (bicyclic) bond motifs is 2. The topological polar surface area (TPSA) is 107 Å². The number of likely N-dealkylation sites (N-methyl/N-ethyl adjacent to an activating group) is 1. The Balaban J connectivity index is 1.17. The minimum atomic E-state index is -0.573. The lowest BCUT2D eigenvalue weighted by molar-refractivity contribution is -0.127. The van der Waals surface area contributed by atoms with Gasteiger partial charge in [0.05, 0.1) is 7.11 Å². The number of carbonyl (C=O) groups is 2. The highest BCUT2D eigenvalue weighted by Gasteiger charge is 2.49. The maximum atomic E-state index is 13.0. The lowest BCUT2D eigenvalue weighted by Gasteiger charge is -2.41. The number of piperazine rings is 1. The number of oxazole rings is 1. The number of imide groups is 1. The lowest BCUT2D eigenvalue weighted by atomic mass is 10.1. The molecule has 2 fully saturated rings. The van der Waals surface area contributed by atoms with Crippen molar-refractivity contribution in [3.05, 3.63) is 48.5 Å². The lowest BCUT2D eigenvalue weighted by Crippen LogP contribution is -2.64. The van der Waals surface area contributed by atoms with Crippen LogP contribution in [0.3, 0.4) is 0 Å². The van der Waals surface area contributed by atoms with Crippen LogP contribution in [0.2, 0.25) is 0 Å². The summed E-state index contributed by atoms with van der Waals surface area (Å²) in [5.41, 5.74) is 2.71. The summed E-state index contributed by atoms with van der Waals surface area (Å²) in [6.45, 7) is 3.68. The van der Waals surface area contributed by atoms with E-state index in [0.29, 0.717) is 17.5 Å². The number of methoxy groups -OCH3 is 1. The number of carbonyl (C=O) groups excluding carboxylic acids is 2. The number of aromatic nitrogens is 1. The molecule has 2 saturated heterocycles. The second-order valence-electron chi connectivity index (χ2n) is 9.35. The summed E-state index contributed by atoms with van der Waals surface area (Å²) in [4.78, 5) is 42.8. The van der Waals surface area contributed by atoms with E-state index < -0.39 is 18.2 Å². The average Bonchev–Trinajstić information content (AvgIpc) is 3.54. The number of nitrogens with zero attached hydrogens (tertiary/aromatic N) is 6. The molecule has 1 N–H and O–H groups in total. The predicted molar refractivity (Wildman–Crippen MR) is 145 cm³/mol. The summed E-state index contributed by atoms with van der Waals surface area (Å²) in [7, 11) is 3.34. The van der Waals surface area contributed by atoms with Gasteiger partial charge in [0.2, 0.25) is 0 Å². The van der Waals surface area contributed by atoms with E-state index in [1.807, 2.05) is 41.3 Å². The summed E-state index contributed by atoms with van der Waals surface area (Å²) in [6.07, 6.45) is -0.555. The molecule has 4 heterocycles. The molecule has 2 aromatic carbocycles. The van der Waals surface area contributed by atoms with Gasteiger partial charge in [-0.05, 0) is 36.4 Å². The van der Waals surface area contributed by atoms with Crippen LogP contribution in [0.25, 0.3) is 11.1 Å². The van der Waals surface area contributed by atoms with Crippen LogP contribution in [-0.4, -0.2) is 102 Å². The van der Waals surface area contributed by atoms with Crippen molar-refractivity contribution in [3.63, 3.8) is 0 Å². The first kappa shape index (κ1) is 24.4. The molecule has 198 valence electrons. The van der Waals surface area contributed by atoms with E-state index in [1.54, 1.807) is 14.2 Å². The first-order chi connectivity index (χ1) is 18.5. The Morgan fingerprint density at radius 2 is 1.79 bits per heavy atom. The van der Waals surface area contributed by atoms with Gasteiger partial charge in [-0.3, -0.25) is 10.1 Å². The summed E-state index contributed by atoms with van der Waals surface area (Å²) in [6, 6.07) is 14.7. The van der Waals surface area contributed by atoms with E-state index in [9.17, 15) is 9.59 Å². The van der Waals surface area contributed by atoms with Crippen LogP contribution in [0.1, 0.15) is 0 Å². The molecule has 12 heteroatoms. The van der Waals surface area contributed by atoms with Crippen molar-refractivity contribution >= 4 is 46.4 Å². The first-order valence-corrected chi connectivity index (χ1v) is 13.5. The molecule has 3 aliphatic rings. The van der Waals surface area contributed by atoms with Gasteiger partial charge in [0.15, 0.2) is 23.8 Å². The van der Waals surface area contributed by atoms with Crippen LogP contribution in [0, 0.1) is 0 Å². The van der Waals surface area contributed by atoms with E-state index in [2.05, 4.69) is 32.2 Å². The van der Waals surface area contributed by atoms with Crippen molar-refractivity contribution in [1.29, 1.82) is 0 Å². The highest BCUT2D eigenvalue weighted by atomic mass is 32.2. The zero-order valence-electron chi connectivity index (χ0n) is 21.2. The zero-order chi connectivity index (χ0) is 26.2. The monoisotopic (exact) mass is 535 g/mol. The van der Waals surface area contributed by atoms with Crippen LogP contribution in [-0.2, 0) is 4.79 Å². The standard InChI is InChI=1S/C26H29N7O4S/c1-30-22-21(23(34)29-25(30)35)33(15-16-38-26-27-19-5-3-4-6-20(19)37-26)24(28-22)32-13-11-31(12-14-32)17-7-9-18(36-2)10-8-17/h3-10,21-22H,11-16H2,1-2H3,(H,29,34,35). The second kappa shape index (κ2) is 10.1. The number of benzene rings is 2. The third kappa shape index (κ3) is 4.49. The third-order valence-electron chi connectivity index (χ3n) is 7.17. The van der Waals surface area contributed by atoms with Crippen LogP contribution in [0.5, 0.6) is 5.75 Å². The number of amides is 3. The molecule has 6 rings (SSSR count). The van der Waals surface area contributed by atoms with Crippen LogP contribution in [0.15, 0.2) is 63.2 Å². The Bertz CT molecular complexity index is 1340. The summed E-state index contributed by atoms with van der Waals surface area (Å²) in [5, 5.41) is 3.07. The van der Waals surface area contributed by atoms with Crippen molar-refractivity contribution in [3.8, 4) is 5.75 Å². The fourth-order valence-corrected chi connectivity index (χ4v) is 5.89. The molecule has 38 heavy (non-hydrogen) atoms. The molecule has 0 spiro atoms. The van der Waals surface area contributed by atoms with Gasteiger partial charge in [-0.25, -0.2) is 14.8 Å². The molecule has 3 aliphatic heterocycles. The van der Waals surface area contributed by atoms with E-state index in [4.69, 9.17) is 14.1 Å². The molecular formula is C26H29N7O4S. The number of hydrogen-bond donors (Lipinski definition) is 1. The number of urea groups is 1. The van der Waals surface area contributed by atoms with Crippen molar-refractivity contribution in [2.24, 2.45) is 4.99 Å². The van der Waals surface area contributed by atoms with Gasteiger partial charge in [0.25, 0.3) is 11.1 Å². The Morgan fingerprint density at radius 3 is 2.53 bits per heavy atom. The van der Waals surface area contributed by atoms with Gasteiger partial charge in [-0.15, -0.1) is 0 Å². The molecule has 2 atom stereocenters.